The van der Waals surface area contributed by atoms with Gasteiger partial charge in [-0.3, -0.25) is 0 Å². The van der Waals surface area contributed by atoms with Crippen molar-refractivity contribution < 1.29 is 13.2 Å². The lowest BCUT2D eigenvalue weighted by Crippen LogP contribution is -1.91. The normalized spacial score (nSPS) is 10.9. The first kappa shape index (κ1) is 12.0. The van der Waals surface area contributed by atoms with Crippen molar-refractivity contribution in [1.82, 2.24) is 0 Å². The van der Waals surface area contributed by atoms with Crippen LogP contribution in [0.5, 0.6) is 0 Å². The van der Waals surface area contributed by atoms with Gasteiger partial charge in [-0.2, -0.15) is 0 Å². The molecule has 17 heavy (non-hydrogen) atoms. The lowest BCUT2D eigenvalue weighted by Gasteiger charge is -2.09. The van der Waals surface area contributed by atoms with Gasteiger partial charge in [-0.05, 0) is 35.4 Å². The lowest BCUT2D eigenvalue weighted by molar-refractivity contribution is 0.152. The predicted octanol–water partition coefficient (Wildman–Crippen LogP) is 5.08. The number of halogens is 4. The van der Waals surface area contributed by atoms with E-state index in [1.165, 1.54) is 36.4 Å². The topological polar surface area (TPSA) is 0 Å². The maximum absolute atomic E-state index is 13.1. The van der Waals surface area contributed by atoms with Crippen molar-refractivity contribution in [2.45, 2.75) is 6.43 Å². The molecule has 0 spiro atoms. The second-order valence-corrected chi connectivity index (χ2v) is 3.98. The molecule has 0 atom stereocenters. The average Bonchev–Trinajstić information content (AvgIpc) is 2.28. The van der Waals surface area contributed by atoms with Crippen LogP contribution in [0.15, 0.2) is 42.5 Å². The van der Waals surface area contributed by atoms with Crippen molar-refractivity contribution in [2.24, 2.45) is 0 Å². The van der Waals surface area contributed by atoms with Gasteiger partial charge < -0.3 is 0 Å². The van der Waals surface area contributed by atoms with E-state index in [1.54, 1.807) is 6.07 Å². The van der Waals surface area contributed by atoms with Gasteiger partial charge in [0.05, 0.1) is 0 Å². The summed E-state index contributed by atoms with van der Waals surface area (Å²) in [4.78, 5) is 0. The number of benzene rings is 2. The highest BCUT2D eigenvalue weighted by atomic mass is 35.5. The van der Waals surface area contributed by atoms with Gasteiger partial charge in [0.1, 0.15) is 5.82 Å². The molecular formula is C13H8ClF3. The Hall–Kier alpha value is -1.48. The molecule has 2 aromatic carbocycles. The smallest absolute Gasteiger partial charge is 0.207 e. The maximum Gasteiger partial charge on any atom is 0.264 e. The summed E-state index contributed by atoms with van der Waals surface area (Å²) in [5, 5.41) is 0.237. The van der Waals surface area contributed by atoms with Crippen molar-refractivity contribution in [3.63, 3.8) is 0 Å². The average molecular weight is 257 g/mol. The van der Waals surface area contributed by atoms with E-state index in [4.69, 9.17) is 11.6 Å². The molecule has 2 aromatic rings. The first-order valence-electron chi connectivity index (χ1n) is 4.91. The molecule has 0 heterocycles. The molecule has 0 radical (unpaired) electrons. The fourth-order valence-electron chi connectivity index (χ4n) is 1.63. The van der Waals surface area contributed by atoms with Crippen molar-refractivity contribution in [1.29, 1.82) is 0 Å². The first-order valence-corrected chi connectivity index (χ1v) is 5.29. The zero-order chi connectivity index (χ0) is 12.4. The third-order valence-corrected chi connectivity index (χ3v) is 2.62. The third-order valence-electron chi connectivity index (χ3n) is 2.38. The Morgan fingerprint density at radius 2 is 1.76 bits per heavy atom. The summed E-state index contributed by atoms with van der Waals surface area (Å²) in [6, 6.07) is 9.72. The summed E-state index contributed by atoms with van der Waals surface area (Å²) in [5.41, 5.74) is 0.518. The van der Waals surface area contributed by atoms with Gasteiger partial charge >= 0.3 is 0 Å². The van der Waals surface area contributed by atoms with Gasteiger partial charge in [0.15, 0.2) is 0 Å². The van der Waals surface area contributed by atoms with Crippen LogP contribution < -0.4 is 0 Å². The SMILES string of the molecule is Fc1cccc(-c2ccc(Cl)cc2C(F)F)c1. The highest BCUT2D eigenvalue weighted by Gasteiger charge is 2.14. The molecule has 0 amide bonds. The highest BCUT2D eigenvalue weighted by Crippen LogP contribution is 2.33. The Bertz CT molecular complexity index is 538. The van der Waals surface area contributed by atoms with E-state index in [0.29, 0.717) is 11.1 Å². The van der Waals surface area contributed by atoms with E-state index in [9.17, 15) is 13.2 Å². The largest absolute Gasteiger partial charge is 0.264 e. The molecule has 0 aliphatic heterocycles. The van der Waals surface area contributed by atoms with Crippen LogP contribution in [0, 0.1) is 5.82 Å². The molecule has 0 aliphatic rings. The molecule has 0 bridgehead atoms. The Balaban J connectivity index is 2.59. The zero-order valence-corrected chi connectivity index (χ0v) is 9.39. The molecule has 0 fully saturated rings. The second-order valence-electron chi connectivity index (χ2n) is 3.54. The zero-order valence-electron chi connectivity index (χ0n) is 8.63. The summed E-state index contributed by atoms with van der Waals surface area (Å²) in [7, 11) is 0. The highest BCUT2D eigenvalue weighted by molar-refractivity contribution is 6.30. The van der Waals surface area contributed by atoms with Crippen molar-refractivity contribution in [3.8, 4) is 11.1 Å². The van der Waals surface area contributed by atoms with Crippen molar-refractivity contribution in [2.75, 3.05) is 0 Å². The van der Waals surface area contributed by atoms with Crippen LogP contribution in [0.2, 0.25) is 5.02 Å². The third kappa shape index (κ3) is 2.61. The molecule has 0 unspecified atom stereocenters. The molecule has 0 saturated heterocycles. The summed E-state index contributed by atoms with van der Waals surface area (Å²) < 4.78 is 38.7. The minimum absolute atomic E-state index is 0.192. The summed E-state index contributed by atoms with van der Waals surface area (Å²) in [6.07, 6.45) is -2.65. The minimum atomic E-state index is -2.65. The number of hydrogen-bond acceptors (Lipinski definition) is 0. The monoisotopic (exact) mass is 256 g/mol. The van der Waals surface area contributed by atoms with E-state index in [-0.39, 0.29) is 10.6 Å². The van der Waals surface area contributed by atoms with Crippen molar-refractivity contribution >= 4 is 11.6 Å². The standard InChI is InChI=1S/C13H8ClF3/c14-9-4-5-11(12(7-9)13(16)17)8-2-1-3-10(15)6-8/h1-7,13H. The van der Waals surface area contributed by atoms with Crippen LogP contribution >= 0.6 is 11.6 Å². The van der Waals surface area contributed by atoms with Crippen LogP contribution in [-0.4, -0.2) is 0 Å². The summed E-state index contributed by atoms with van der Waals surface area (Å²) >= 11 is 5.67. The van der Waals surface area contributed by atoms with Gasteiger partial charge in [-0.1, -0.05) is 29.8 Å². The Labute approximate surface area is 102 Å². The van der Waals surface area contributed by atoms with E-state index in [2.05, 4.69) is 0 Å². The fourth-order valence-corrected chi connectivity index (χ4v) is 1.81. The molecule has 0 N–H and O–H groups in total. The molecular weight excluding hydrogens is 249 g/mol. The molecule has 2 rings (SSSR count). The minimum Gasteiger partial charge on any atom is -0.207 e. The second kappa shape index (κ2) is 4.80. The first-order chi connectivity index (χ1) is 8.08. The van der Waals surface area contributed by atoms with Crippen LogP contribution in [0.1, 0.15) is 12.0 Å². The summed E-state index contributed by atoms with van der Waals surface area (Å²) in [5.74, 6) is -0.460. The summed E-state index contributed by atoms with van der Waals surface area (Å²) in [6.45, 7) is 0. The van der Waals surface area contributed by atoms with Crippen molar-refractivity contribution in [3.05, 3.63) is 58.9 Å². The van der Waals surface area contributed by atoms with Gasteiger partial charge in [0, 0.05) is 10.6 Å². The maximum atomic E-state index is 13.1. The number of hydrogen-bond donors (Lipinski definition) is 0. The number of alkyl halides is 2. The van der Waals surface area contributed by atoms with Crippen LogP contribution in [-0.2, 0) is 0 Å². The van der Waals surface area contributed by atoms with E-state index in [0.717, 1.165) is 0 Å². The van der Waals surface area contributed by atoms with E-state index < -0.39 is 12.2 Å². The Kier molecular flexibility index (Phi) is 3.38. The van der Waals surface area contributed by atoms with Gasteiger partial charge in [0.25, 0.3) is 6.43 Å². The molecule has 88 valence electrons. The molecule has 0 saturated carbocycles. The van der Waals surface area contributed by atoms with E-state index in [1.807, 2.05) is 0 Å². The van der Waals surface area contributed by atoms with Gasteiger partial charge in [-0.25, -0.2) is 13.2 Å². The molecule has 0 nitrogen and oxygen atoms in total. The Morgan fingerprint density at radius 1 is 1.00 bits per heavy atom. The quantitative estimate of drug-likeness (QED) is 0.703. The number of rotatable bonds is 2. The van der Waals surface area contributed by atoms with Crippen LogP contribution in [0.4, 0.5) is 13.2 Å². The molecule has 0 aliphatic carbocycles. The fraction of sp³-hybridized carbons (Fsp3) is 0.0769. The van der Waals surface area contributed by atoms with Gasteiger partial charge in [-0.15, -0.1) is 0 Å². The van der Waals surface area contributed by atoms with Crippen LogP contribution in [0.3, 0.4) is 0 Å². The molecule has 4 heteroatoms. The van der Waals surface area contributed by atoms with Crippen LogP contribution in [0.25, 0.3) is 11.1 Å². The molecule has 0 aromatic heterocycles. The Morgan fingerprint density at radius 3 is 2.41 bits per heavy atom. The lowest BCUT2D eigenvalue weighted by atomic mass is 10.00. The van der Waals surface area contributed by atoms with E-state index >= 15 is 0 Å². The van der Waals surface area contributed by atoms with Gasteiger partial charge in [0.2, 0.25) is 0 Å². The predicted molar refractivity (Wildman–Crippen MR) is 61.8 cm³/mol.